The van der Waals surface area contributed by atoms with Gasteiger partial charge in [0.05, 0.1) is 12.3 Å². The number of nitrogens with one attached hydrogen (secondary N) is 2. The van der Waals surface area contributed by atoms with Crippen LogP contribution in [0.3, 0.4) is 0 Å². The Morgan fingerprint density at radius 2 is 2.08 bits per heavy atom. The van der Waals surface area contributed by atoms with Gasteiger partial charge in [0, 0.05) is 17.1 Å². The number of anilines is 1. The molecule has 24 heavy (non-hydrogen) atoms. The first-order valence-corrected chi connectivity index (χ1v) is 9.32. The molecule has 6 nitrogen and oxygen atoms in total. The Kier molecular flexibility index (Phi) is 6.06. The minimum absolute atomic E-state index is 0.0455. The summed E-state index contributed by atoms with van der Waals surface area (Å²) in [6, 6.07) is 3.59. The number of aromatic nitrogens is 1. The zero-order valence-corrected chi connectivity index (χ0v) is 15.8. The molecule has 2 rings (SSSR count). The lowest BCUT2D eigenvalue weighted by atomic mass is 10.3. The number of amides is 2. The maximum Gasteiger partial charge on any atom is 0.236 e. The second-order valence-corrected chi connectivity index (χ2v) is 8.82. The summed E-state index contributed by atoms with van der Waals surface area (Å²) in [6.07, 6.45) is 0. The number of hydrogen-bond acceptors (Lipinski definition) is 6. The fourth-order valence-corrected chi connectivity index (χ4v) is 3.06. The number of nitrogens with zero attached hydrogens (tertiary/aromatic N) is 1. The third kappa shape index (κ3) is 6.01. The molecule has 130 valence electrons. The van der Waals surface area contributed by atoms with E-state index in [4.69, 9.17) is 4.42 Å². The van der Waals surface area contributed by atoms with Crippen LogP contribution in [0.15, 0.2) is 21.9 Å². The van der Waals surface area contributed by atoms with Gasteiger partial charge < -0.3 is 15.1 Å². The number of hydrogen-bond donors (Lipinski definition) is 2. The molecule has 8 heteroatoms. The van der Waals surface area contributed by atoms with E-state index in [1.54, 1.807) is 23.9 Å². The highest BCUT2D eigenvalue weighted by Gasteiger charge is 2.15. The van der Waals surface area contributed by atoms with Crippen molar-refractivity contribution in [3.63, 3.8) is 0 Å². The van der Waals surface area contributed by atoms with Crippen LogP contribution in [0, 0.1) is 0 Å². The minimum Gasteiger partial charge on any atom is -0.458 e. The van der Waals surface area contributed by atoms with E-state index in [0.717, 1.165) is 0 Å². The van der Waals surface area contributed by atoms with Crippen LogP contribution >= 0.6 is 23.1 Å². The van der Waals surface area contributed by atoms with Gasteiger partial charge in [0.2, 0.25) is 11.8 Å². The fourth-order valence-electron chi connectivity index (χ4n) is 1.70. The SMILES string of the molecule is CC(=O)NCc1ccc(-c2csc(NC(=O)CSC(C)(C)C)n2)o1. The molecule has 0 aromatic carbocycles. The number of thioether (sulfide) groups is 1. The first-order chi connectivity index (χ1) is 11.2. The van der Waals surface area contributed by atoms with Gasteiger partial charge in [0.15, 0.2) is 10.9 Å². The molecule has 2 aromatic heterocycles. The summed E-state index contributed by atoms with van der Waals surface area (Å²) in [4.78, 5) is 27.2. The van der Waals surface area contributed by atoms with Crippen LogP contribution < -0.4 is 10.6 Å². The van der Waals surface area contributed by atoms with E-state index in [2.05, 4.69) is 36.4 Å². The van der Waals surface area contributed by atoms with Crippen molar-refractivity contribution in [2.45, 2.75) is 39.0 Å². The second-order valence-electron chi connectivity index (χ2n) is 6.16. The van der Waals surface area contributed by atoms with Crippen LogP contribution in [0.2, 0.25) is 0 Å². The van der Waals surface area contributed by atoms with Crippen molar-refractivity contribution in [3.05, 3.63) is 23.3 Å². The van der Waals surface area contributed by atoms with Gasteiger partial charge in [-0.2, -0.15) is 0 Å². The summed E-state index contributed by atoms with van der Waals surface area (Å²) in [5, 5.41) is 7.85. The molecule has 2 amide bonds. The molecule has 0 saturated heterocycles. The van der Waals surface area contributed by atoms with Gasteiger partial charge >= 0.3 is 0 Å². The molecular formula is C16H21N3O3S2. The van der Waals surface area contributed by atoms with Gasteiger partial charge in [-0.1, -0.05) is 20.8 Å². The molecule has 0 atom stereocenters. The molecule has 0 fully saturated rings. The standard InChI is InChI=1S/C16H21N3O3S2/c1-10(20)17-7-11-5-6-13(22-11)12-8-23-15(18-12)19-14(21)9-24-16(2,3)4/h5-6,8H,7,9H2,1-4H3,(H,17,20)(H,18,19,21). The highest BCUT2D eigenvalue weighted by Crippen LogP contribution is 2.27. The van der Waals surface area contributed by atoms with E-state index >= 15 is 0 Å². The van der Waals surface area contributed by atoms with Crippen LogP contribution in [0.25, 0.3) is 11.5 Å². The maximum absolute atomic E-state index is 11.9. The number of carbonyl (C=O) groups excluding carboxylic acids is 2. The molecular weight excluding hydrogens is 346 g/mol. The topological polar surface area (TPSA) is 84.2 Å². The summed E-state index contributed by atoms with van der Waals surface area (Å²) in [5.74, 6) is 1.47. The Morgan fingerprint density at radius 3 is 2.75 bits per heavy atom. The summed E-state index contributed by atoms with van der Waals surface area (Å²) >= 11 is 2.94. The van der Waals surface area contributed by atoms with Gasteiger partial charge in [-0.25, -0.2) is 4.98 Å². The Labute approximate surface area is 149 Å². The molecule has 0 aliphatic heterocycles. The number of furan rings is 1. The first kappa shape index (κ1) is 18.5. The molecule has 0 radical (unpaired) electrons. The average molecular weight is 367 g/mol. The molecule has 2 N–H and O–H groups in total. The summed E-state index contributed by atoms with van der Waals surface area (Å²) in [5.41, 5.74) is 0.660. The Morgan fingerprint density at radius 1 is 1.33 bits per heavy atom. The van der Waals surface area contributed by atoms with Gasteiger partial charge in [-0.15, -0.1) is 23.1 Å². The van der Waals surface area contributed by atoms with E-state index in [1.807, 2.05) is 5.38 Å². The van der Waals surface area contributed by atoms with Crippen LogP contribution in [-0.2, 0) is 16.1 Å². The van der Waals surface area contributed by atoms with Crippen molar-refractivity contribution in [2.24, 2.45) is 0 Å². The van der Waals surface area contributed by atoms with Gasteiger partial charge in [0.1, 0.15) is 11.5 Å². The first-order valence-electron chi connectivity index (χ1n) is 7.46. The Balaban J connectivity index is 1.93. The van der Waals surface area contributed by atoms with Crippen molar-refractivity contribution < 1.29 is 14.0 Å². The molecule has 0 saturated carbocycles. The summed E-state index contributed by atoms with van der Waals surface area (Å²) in [6.45, 7) is 8.01. The van der Waals surface area contributed by atoms with Crippen molar-refractivity contribution in [2.75, 3.05) is 11.1 Å². The van der Waals surface area contributed by atoms with Gasteiger partial charge in [-0.05, 0) is 12.1 Å². The molecule has 2 heterocycles. The molecule has 0 aliphatic rings. The third-order valence-corrected chi connectivity index (χ3v) is 4.84. The number of thiazole rings is 1. The lowest BCUT2D eigenvalue weighted by Gasteiger charge is -2.16. The molecule has 2 aromatic rings. The normalized spacial score (nSPS) is 11.3. The lowest BCUT2D eigenvalue weighted by molar-refractivity contribution is -0.119. The minimum atomic E-state index is -0.111. The zero-order valence-electron chi connectivity index (χ0n) is 14.1. The van der Waals surface area contributed by atoms with E-state index < -0.39 is 0 Å². The monoisotopic (exact) mass is 367 g/mol. The van der Waals surface area contributed by atoms with Crippen molar-refractivity contribution in [3.8, 4) is 11.5 Å². The fraction of sp³-hybridized carbons (Fsp3) is 0.438. The Hall–Kier alpha value is -1.80. The van der Waals surface area contributed by atoms with Crippen LogP contribution in [0.1, 0.15) is 33.5 Å². The molecule has 0 aliphatic carbocycles. The largest absolute Gasteiger partial charge is 0.458 e. The van der Waals surface area contributed by atoms with Crippen molar-refractivity contribution in [1.82, 2.24) is 10.3 Å². The summed E-state index contributed by atoms with van der Waals surface area (Å²) in [7, 11) is 0. The molecule has 0 unspecified atom stereocenters. The second kappa shape index (κ2) is 7.85. The third-order valence-electron chi connectivity index (χ3n) is 2.81. The van der Waals surface area contributed by atoms with Crippen molar-refractivity contribution >= 4 is 40.0 Å². The van der Waals surface area contributed by atoms with Gasteiger partial charge in [-0.3, -0.25) is 9.59 Å². The predicted molar refractivity (Wildman–Crippen MR) is 98.2 cm³/mol. The zero-order chi connectivity index (χ0) is 17.7. The average Bonchev–Trinajstić information content (AvgIpc) is 3.11. The maximum atomic E-state index is 11.9. The Bertz CT molecular complexity index is 716. The molecule has 0 spiro atoms. The number of rotatable bonds is 6. The smallest absolute Gasteiger partial charge is 0.236 e. The van der Waals surface area contributed by atoms with Crippen LogP contribution in [-0.4, -0.2) is 27.3 Å². The van der Waals surface area contributed by atoms with Crippen LogP contribution in [0.5, 0.6) is 0 Å². The van der Waals surface area contributed by atoms with Crippen LogP contribution in [0.4, 0.5) is 5.13 Å². The lowest BCUT2D eigenvalue weighted by Crippen LogP contribution is -2.18. The molecule has 0 bridgehead atoms. The van der Waals surface area contributed by atoms with E-state index in [9.17, 15) is 9.59 Å². The highest BCUT2D eigenvalue weighted by atomic mass is 32.2. The summed E-state index contributed by atoms with van der Waals surface area (Å²) < 4.78 is 5.69. The quantitative estimate of drug-likeness (QED) is 0.816. The van der Waals surface area contributed by atoms with Crippen molar-refractivity contribution in [1.29, 1.82) is 0 Å². The number of carbonyl (C=O) groups is 2. The highest BCUT2D eigenvalue weighted by molar-refractivity contribution is 8.01. The van der Waals surface area contributed by atoms with Gasteiger partial charge in [0.25, 0.3) is 0 Å². The van der Waals surface area contributed by atoms with E-state index in [1.165, 1.54) is 18.3 Å². The van der Waals surface area contributed by atoms with E-state index in [0.29, 0.717) is 34.6 Å². The van der Waals surface area contributed by atoms with E-state index in [-0.39, 0.29) is 16.6 Å². The predicted octanol–water partition coefficient (Wildman–Crippen LogP) is 3.51.